The van der Waals surface area contributed by atoms with Gasteiger partial charge in [0.05, 0.1) is 0 Å². The molecular weight excluding hydrogens is 216 g/mol. The summed E-state index contributed by atoms with van der Waals surface area (Å²) in [5.74, 6) is 0. The minimum absolute atomic E-state index is 1.27. The van der Waals surface area contributed by atoms with Gasteiger partial charge in [-0.15, -0.1) is 0 Å². The van der Waals surface area contributed by atoms with Crippen LogP contribution in [0.25, 0.3) is 0 Å². The normalized spacial score (nSPS) is 11.4. The van der Waals surface area contributed by atoms with E-state index < -0.39 is 0 Å². The highest BCUT2D eigenvalue weighted by molar-refractivity contribution is 4.94. The standard InChI is InChI=1S/C18H35/c1-3-5-7-9-11-13-15-17-18-16-14-12-10-8-6-4-2/h11,13,15H,3-10,12,14,16-18H2,1-2H3. The van der Waals surface area contributed by atoms with Crippen molar-refractivity contribution in [1.82, 2.24) is 0 Å². The first-order valence-corrected chi connectivity index (χ1v) is 8.40. The van der Waals surface area contributed by atoms with Crippen LogP contribution in [0.15, 0.2) is 12.2 Å². The summed E-state index contributed by atoms with van der Waals surface area (Å²) in [6.07, 6.45) is 25.0. The molecule has 18 heavy (non-hydrogen) atoms. The zero-order chi connectivity index (χ0) is 13.3. The largest absolute Gasteiger partial charge is 0.0882 e. The molecule has 0 spiro atoms. The van der Waals surface area contributed by atoms with Crippen LogP contribution in [0.4, 0.5) is 0 Å². The molecule has 0 atom stereocenters. The summed E-state index contributed by atoms with van der Waals surface area (Å²) in [7, 11) is 0. The molecule has 0 heteroatoms. The van der Waals surface area contributed by atoms with E-state index in [2.05, 4.69) is 32.4 Å². The highest BCUT2D eigenvalue weighted by atomic mass is 14.0. The second-order valence-corrected chi connectivity index (χ2v) is 5.42. The van der Waals surface area contributed by atoms with Crippen LogP contribution in [0.1, 0.15) is 97.3 Å². The van der Waals surface area contributed by atoms with E-state index in [4.69, 9.17) is 0 Å². The minimum atomic E-state index is 1.27. The average molecular weight is 251 g/mol. The molecular formula is C18H35. The molecule has 0 saturated carbocycles. The molecule has 0 heterocycles. The Kier molecular flexibility index (Phi) is 16.5. The van der Waals surface area contributed by atoms with Gasteiger partial charge >= 0.3 is 0 Å². The molecule has 0 rings (SSSR count). The van der Waals surface area contributed by atoms with E-state index in [0.717, 1.165) is 0 Å². The van der Waals surface area contributed by atoms with E-state index in [1.54, 1.807) is 0 Å². The Hall–Kier alpha value is -0.260. The van der Waals surface area contributed by atoms with Crippen molar-refractivity contribution < 1.29 is 0 Å². The molecule has 1 radical (unpaired) electrons. The third kappa shape index (κ3) is 15.7. The van der Waals surface area contributed by atoms with Crippen LogP contribution >= 0.6 is 0 Å². The fraction of sp³-hybridized carbons (Fsp3) is 0.833. The second kappa shape index (κ2) is 16.7. The molecule has 0 amide bonds. The van der Waals surface area contributed by atoms with Crippen molar-refractivity contribution >= 4 is 0 Å². The van der Waals surface area contributed by atoms with Gasteiger partial charge in [-0.05, 0) is 25.7 Å². The summed E-state index contributed by atoms with van der Waals surface area (Å²) < 4.78 is 0. The lowest BCUT2D eigenvalue weighted by Crippen LogP contribution is -1.80. The van der Waals surface area contributed by atoms with E-state index in [-0.39, 0.29) is 0 Å². The maximum atomic E-state index is 2.35. The summed E-state index contributed by atoms with van der Waals surface area (Å²) in [4.78, 5) is 0. The fourth-order valence-corrected chi connectivity index (χ4v) is 2.20. The summed E-state index contributed by atoms with van der Waals surface area (Å²) in [6, 6.07) is 0. The van der Waals surface area contributed by atoms with Gasteiger partial charge in [0, 0.05) is 0 Å². The van der Waals surface area contributed by atoms with Gasteiger partial charge in [-0.2, -0.15) is 0 Å². The highest BCUT2D eigenvalue weighted by Crippen LogP contribution is 2.10. The molecule has 0 aromatic rings. The third-order valence-corrected chi connectivity index (χ3v) is 3.47. The zero-order valence-electron chi connectivity index (χ0n) is 12.9. The van der Waals surface area contributed by atoms with Crippen molar-refractivity contribution in [3.63, 3.8) is 0 Å². The molecule has 0 fully saturated rings. The van der Waals surface area contributed by atoms with Crippen LogP contribution in [0.3, 0.4) is 0 Å². The summed E-state index contributed by atoms with van der Waals surface area (Å²) >= 11 is 0. The highest BCUT2D eigenvalue weighted by Gasteiger charge is 1.90. The number of unbranched alkanes of at least 4 members (excludes halogenated alkanes) is 12. The number of hydrogen-bond donors (Lipinski definition) is 0. The topological polar surface area (TPSA) is 0 Å². The molecule has 0 saturated heterocycles. The van der Waals surface area contributed by atoms with Gasteiger partial charge in [-0.25, -0.2) is 0 Å². The van der Waals surface area contributed by atoms with Crippen molar-refractivity contribution in [3.8, 4) is 0 Å². The second-order valence-electron chi connectivity index (χ2n) is 5.42. The molecule has 0 aliphatic rings. The fourth-order valence-electron chi connectivity index (χ4n) is 2.20. The quantitative estimate of drug-likeness (QED) is 0.296. The Bertz CT molecular complexity index is 157. The van der Waals surface area contributed by atoms with E-state index in [0.29, 0.717) is 0 Å². The molecule has 0 N–H and O–H groups in total. The monoisotopic (exact) mass is 251 g/mol. The van der Waals surface area contributed by atoms with Gasteiger partial charge < -0.3 is 0 Å². The van der Waals surface area contributed by atoms with Gasteiger partial charge in [-0.1, -0.05) is 90.2 Å². The molecule has 0 aromatic heterocycles. The van der Waals surface area contributed by atoms with Gasteiger partial charge in [0.1, 0.15) is 0 Å². The van der Waals surface area contributed by atoms with Gasteiger partial charge in [0.2, 0.25) is 0 Å². The van der Waals surface area contributed by atoms with E-state index in [1.165, 1.54) is 83.5 Å². The van der Waals surface area contributed by atoms with Crippen LogP contribution in [-0.2, 0) is 0 Å². The van der Waals surface area contributed by atoms with Crippen molar-refractivity contribution in [2.45, 2.75) is 97.3 Å². The predicted octanol–water partition coefficient (Wildman–Crippen LogP) is 6.86. The van der Waals surface area contributed by atoms with E-state index >= 15 is 0 Å². The average Bonchev–Trinajstić information content (AvgIpc) is 2.39. The lowest BCUT2D eigenvalue weighted by Gasteiger charge is -1.99. The molecule has 107 valence electrons. The number of hydrogen-bond acceptors (Lipinski definition) is 0. The summed E-state index contributed by atoms with van der Waals surface area (Å²) in [5, 5.41) is 0. The van der Waals surface area contributed by atoms with Crippen LogP contribution < -0.4 is 0 Å². The third-order valence-electron chi connectivity index (χ3n) is 3.47. The predicted molar refractivity (Wildman–Crippen MR) is 84.8 cm³/mol. The maximum Gasteiger partial charge on any atom is -0.0171 e. The van der Waals surface area contributed by atoms with E-state index in [9.17, 15) is 0 Å². The zero-order valence-corrected chi connectivity index (χ0v) is 12.9. The first-order valence-electron chi connectivity index (χ1n) is 8.40. The summed E-state index contributed by atoms with van der Waals surface area (Å²) in [5.41, 5.74) is 0. The lowest BCUT2D eigenvalue weighted by molar-refractivity contribution is 0.577. The van der Waals surface area contributed by atoms with Crippen LogP contribution in [0.2, 0.25) is 0 Å². The first kappa shape index (κ1) is 17.7. The van der Waals surface area contributed by atoms with Crippen LogP contribution in [0.5, 0.6) is 0 Å². The Balaban J connectivity index is 2.99. The van der Waals surface area contributed by atoms with Crippen molar-refractivity contribution in [3.05, 3.63) is 18.6 Å². The Morgan fingerprint density at radius 1 is 0.556 bits per heavy atom. The van der Waals surface area contributed by atoms with Crippen molar-refractivity contribution in [2.75, 3.05) is 0 Å². The summed E-state index contributed by atoms with van der Waals surface area (Å²) in [6.45, 7) is 4.55. The SMILES string of the molecule is CCCCC[CH]C=CCCCCCCCCCC. The molecule has 0 bridgehead atoms. The Morgan fingerprint density at radius 2 is 1.06 bits per heavy atom. The Labute approximate surface area is 116 Å². The van der Waals surface area contributed by atoms with Gasteiger partial charge in [-0.3, -0.25) is 0 Å². The molecule has 0 nitrogen and oxygen atoms in total. The molecule has 0 unspecified atom stereocenters. The van der Waals surface area contributed by atoms with E-state index in [1.807, 2.05) is 0 Å². The van der Waals surface area contributed by atoms with Gasteiger partial charge in [0.15, 0.2) is 0 Å². The minimum Gasteiger partial charge on any atom is -0.0882 e. The number of rotatable bonds is 14. The maximum absolute atomic E-state index is 2.35. The Morgan fingerprint density at radius 3 is 1.72 bits per heavy atom. The molecule has 0 aromatic carbocycles. The lowest BCUT2D eigenvalue weighted by atomic mass is 10.1. The van der Waals surface area contributed by atoms with Crippen molar-refractivity contribution in [2.24, 2.45) is 0 Å². The molecule has 0 aliphatic heterocycles. The molecule has 0 aliphatic carbocycles. The van der Waals surface area contributed by atoms with Crippen LogP contribution in [0, 0.1) is 6.42 Å². The first-order chi connectivity index (χ1) is 8.91. The van der Waals surface area contributed by atoms with Crippen LogP contribution in [-0.4, -0.2) is 0 Å². The smallest absolute Gasteiger partial charge is 0.0171 e. The van der Waals surface area contributed by atoms with Crippen molar-refractivity contribution in [1.29, 1.82) is 0 Å². The van der Waals surface area contributed by atoms with Gasteiger partial charge in [0.25, 0.3) is 0 Å². The number of allylic oxidation sites excluding steroid dienone is 2.